The molecule has 1 rings (SSSR count). The Morgan fingerprint density at radius 1 is 1.39 bits per heavy atom. The quantitative estimate of drug-likeness (QED) is 0.642. The molecule has 0 aliphatic rings. The van der Waals surface area contributed by atoms with Gasteiger partial charge in [0.05, 0.1) is 36.7 Å². The summed E-state index contributed by atoms with van der Waals surface area (Å²) >= 11 is 0. The fourth-order valence-electron chi connectivity index (χ4n) is 1.59. The summed E-state index contributed by atoms with van der Waals surface area (Å²) in [4.78, 5) is 0. The highest BCUT2D eigenvalue weighted by atomic mass is 16.5. The summed E-state index contributed by atoms with van der Waals surface area (Å²) in [5.41, 5.74) is 7.30. The summed E-state index contributed by atoms with van der Waals surface area (Å²) in [5, 5.41) is 12.3. The molecule has 102 valence electrons. The molecule has 0 heterocycles. The lowest BCUT2D eigenvalue weighted by Crippen LogP contribution is -2.29. The first-order valence-corrected chi connectivity index (χ1v) is 6.00. The van der Waals surface area contributed by atoms with E-state index < -0.39 is 0 Å². The molecule has 4 N–H and O–H groups in total. The van der Waals surface area contributed by atoms with Crippen molar-refractivity contribution in [1.82, 2.24) is 0 Å². The van der Waals surface area contributed by atoms with Gasteiger partial charge >= 0.3 is 0 Å². The van der Waals surface area contributed by atoms with Crippen molar-refractivity contribution >= 4 is 11.4 Å². The molecule has 0 spiro atoms. The number of rotatable bonds is 7. The van der Waals surface area contributed by atoms with Crippen LogP contribution >= 0.6 is 0 Å². The number of nitrogens with one attached hydrogen (secondary N) is 1. The van der Waals surface area contributed by atoms with E-state index in [4.69, 9.17) is 15.2 Å². The summed E-state index contributed by atoms with van der Waals surface area (Å²) in [6.07, 6.45) is 0.0650. The predicted octanol–water partition coefficient (Wildman–Crippen LogP) is 1.48. The van der Waals surface area contributed by atoms with E-state index in [0.717, 1.165) is 5.69 Å². The van der Waals surface area contributed by atoms with E-state index in [-0.39, 0.29) is 18.8 Å². The SMILES string of the molecule is COCC(CO)Nc1cccc(OC(C)C)c1N. The molecule has 0 aliphatic heterocycles. The van der Waals surface area contributed by atoms with E-state index in [9.17, 15) is 5.11 Å². The average molecular weight is 254 g/mol. The molecule has 0 fully saturated rings. The lowest BCUT2D eigenvalue weighted by molar-refractivity contribution is 0.153. The minimum absolute atomic E-state index is 0.0253. The molecule has 1 aromatic rings. The third-order valence-electron chi connectivity index (χ3n) is 2.38. The summed E-state index contributed by atoms with van der Waals surface area (Å²) in [7, 11) is 1.59. The number of aliphatic hydroxyl groups is 1. The van der Waals surface area contributed by atoms with E-state index >= 15 is 0 Å². The van der Waals surface area contributed by atoms with Gasteiger partial charge in [0.1, 0.15) is 5.75 Å². The highest BCUT2D eigenvalue weighted by Gasteiger charge is 2.12. The fraction of sp³-hybridized carbons (Fsp3) is 0.538. The molecule has 5 heteroatoms. The zero-order valence-corrected chi connectivity index (χ0v) is 11.1. The van der Waals surface area contributed by atoms with E-state index in [1.54, 1.807) is 7.11 Å². The van der Waals surface area contributed by atoms with Crippen LogP contribution in [-0.4, -0.2) is 37.6 Å². The van der Waals surface area contributed by atoms with Gasteiger partial charge in [-0.1, -0.05) is 6.07 Å². The minimum Gasteiger partial charge on any atom is -0.489 e. The molecule has 5 nitrogen and oxygen atoms in total. The highest BCUT2D eigenvalue weighted by molar-refractivity contribution is 5.73. The van der Waals surface area contributed by atoms with Crippen LogP contribution in [0.5, 0.6) is 5.75 Å². The molecule has 0 amide bonds. The van der Waals surface area contributed by atoms with Gasteiger partial charge in [0.25, 0.3) is 0 Å². The van der Waals surface area contributed by atoms with Crippen LogP contribution in [0.1, 0.15) is 13.8 Å². The Labute approximate surface area is 108 Å². The Morgan fingerprint density at radius 2 is 2.11 bits per heavy atom. The van der Waals surface area contributed by atoms with Gasteiger partial charge in [0.15, 0.2) is 0 Å². The van der Waals surface area contributed by atoms with Crippen molar-refractivity contribution in [2.75, 3.05) is 31.4 Å². The predicted molar refractivity (Wildman–Crippen MR) is 73.0 cm³/mol. The first kappa shape index (κ1) is 14.6. The molecule has 0 radical (unpaired) electrons. The van der Waals surface area contributed by atoms with Crippen LogP contribution in [0.25, 0.3) is 0 Å². The Hall–Kier alpha value is -1.46. The second-order valence-corrected chi connectivity index (χ2v) is 4.36. The van der Waals surface area contributed by atoms with Crippen LogP contribution in [0.15, 0.2) is 18.2 Å². The molecule has 1 aromatic carbocycles. The number of ether oxygens (including phenoxy) is 2. The number of methoxy groups -OCH3 is 1. The number of nitrogens with two attached hydrogens (primary N) is 1. The molecule has 1 atom stereocenters. The van der Waals surface area contributed by atoms with Crippen molar-refractivity contribution in [1.29, 1.82) is 0 Å². The maximum absolute atomic E-state index is 9.21. The Kier molecular flexibility index (Phi) is 5.74. The van der Waals surface area contributed by atoms with Crippen LogP contribution in [0.2, 0.25) is 0 Å². The monoisotopic (exact) mass is 254 g/mol. The van der Waals surface area contributed by atoms with Crippen LogP contribution in [0, 0.1) is 0 Å². The Bertz CT molecular complexity index is 369. The van der Waals surface area contributed by atoms with Gasteiger partial charge in [-0.15, -0.1) is 0 Å². The van der Waals surface area contributed by atoms with Gasteiger partial charge in [0.2, 0.25) is 0 Å². The number of para-hydroxylation sites is 1. The summed E-state index contributed by atoms with van der Waals surface area (Å²) in [6, 6.07) is 5.34. The minimum atomic E-state index is -0.188. The number of hydrogen-bond acceptors (Lipinski definition) is 5. The van der Waals surface area contributed by atoms with Gasteiger partial charge in [-0.3, -0.25) is 0 Å². The van der Waals surface area contributed by atoms with Crippen molar-refractivity contribution in [3.05, 3.63) is 18.2 Å². The van der Waals surface area contributed by atoms with Crippen molar-refractivity contribution in [3.63, 3.8) is 0 Å². The molecular formula is C13H22N2O3. The maximum atomic E-state index is 9.21. The number of anilines is 2. The van der Waals surface area contributed by atoms with Gasteiger partial charge in [0, 0.05) is 7.11 Å². The molecule has 0 aliphatic carbocycles. The molecule has 18 heavy (non-hydrogen) atoms. The van der Waals surface area contributed by atoms with Gasteiger partial charge < -0.3 is 25.6 Å². The van der Waals surface area contributed by atoms with Gasteiger partial charge in [-0.2, -0.15) is 0 Å². The molecule has 0 aromatic heterocycles. The highest BCUT2D eigenvalue weighted by Crippen LogP contribution is 2.30. The second kappa shape index (κ2) is 7.08. The van der Waals surface area contributed by atoms with E-state index in [2.05, 4.69) is 5.32 Å². The first-order chi connectivity index (χ1) is 8.58. The van der Waals surface area contributed by atoms with E-state index in [1.165, 1.54) is 0 Å². The van der Waals surface area contributed by atoms with Crippen molar-refractivity contribution in [2.45, 2.75) is 26.0 Å². The Balaban J connectivity index is 2.82. The van der Waals surface area contributed by atoms with Crippen molar-refractivity contribution in [2.24, 2.45) is 0 Å². The number of hydrogen-bond donors (Lipinski definition) is 3. The second-order valence-electron chi connectivity index (χ2n) is 4.36. The normalized spacial score (nSPS) is 12.5. The van der Waals surface area contributed by atoms with E-state index in [1.807, 2.05) is 32.0 Å². The number of aliphatic hydroxyl groups excluding tert-OH is 1. The van der Waals surface area contributed by atoms with Crippen molar-refractivity contribution in [3.8, 4) is 5.75 Å². The third kappa shape index (κ3) is 4.09. The van der Waals surface area contributed by atoms with Crippen LogP contribution in [0.3, 0.4) is 0 Å². The maximum Gasteiger partial charge on any atom is 0.144 e. The van der Waals surface area contributed by atoms with Gasteiger partial charge in [-0.25, -0.2) is 0 Å². The number of benzene rings is 1. The molecular weight excluding hydrogens is 232 g/mol. The fourth-order valence-corrected chi connectivity index (χ4v) is 1.59. The largest absolute Gasteiger partial charge is 0.489 e. The Morgan fingerprint density at radius 3 is 2.67 bits per heavy atom. The molecule has 0 bridgehead atoms. The van der Waals surface area contributed by atoms with Gasteiger partial charge in [-0.05, 0) is 26.0 Å². The zero-order valence-electron chi connectivity index (χ0n) is 11.1. The smallest absolute Gasteiger partial charge is 0.144 e. The molecule has 0 saturated carbocycles. The lowest BCUT2D eigenvalue weighted by Gasteiger charge is -2.20. The molecule has 0 saturated heterocycles. The van der Waals surface area contributed by atoms with Crippen LogP contribution in [0.4, 0.5) is 11.4 Å². The lowest BCUT2D eigenvalue weighted by atomic mass is 10.2. The van der Waals surface area contributed by atoms with Crippen molar-refractivity contribution < 1.29 is 14.6 Å². The summed E-state index contributed by atoms with van der Waals surface area (Å²) in [5.74, 6) is 0.643. The number of nitrogen functional groups attached to an aromatic ring is 1. The molecule has 1 unspecified atom stereocenters. The standard InChI is InChI=1S/C13H22N2O3/c1-9(2)18-12-6-4-5-11(13(12)14)15-10(7-16)8-17-3/h4-6,9-10,15-16H,7-8,14H2,1-3H3. The zero-order chi connectivity index (χ0) is 13.5. The van der Waals surface area contributed by atoms with Crippen LogP contribution in [-0.2, 0) is 4.74 Å². The van der Waals surface area contributed by atoms with Crippen LogP contribution < -0.4 is 15.8 Å². The first-order valence-electron chi connectivity index (χ1n) is 6.00. The third-order valence-corrected chi connectivity index (χ3v) is 2.38. The van der Waals surface area contributed by atoms with E-state index in [0.29, 0.717) is 18.0 Å². The average Bonchev–Trinajstić information content (AvgIpc) is 2.32. The topological polar surface area (TPSA) is 76.7 Å². The summed E-state index contributed by atoms with van der Waals surface area (Å²) in [6.45, 7) is 4.27. The summed E-state index contributed by atoms with van der Waals surface area (Å²) < 4.78 is 10.6.